The molecule has 3 heterocycles. The van der Waals surface area contributed by atoms with Gasteiger partial charge in [-0.15, -0.1) is 22.7 Å². The summed E-state index contributed by atoms with van der Waals surface area (Å²) in [6.45, 7) is 8.93. The first-order chi connectivity index (χ1) is 18.9. The first kappa shape index (κ1) is 26.3. The molecule has 0 N–H and O–H groups in total. The highest BCUT2D eigenvalue weighted by Gasteiger charge is 2.17. The van der Waals surface area contributed by atoms with Gasteiger partial charge in [0.15, 0.2) is 0 Å². The van der Waals surface area contributed by atoms with Crippen LogP contribution in [0.3, 0.4) is 0 Å². The number of hydrogen-bond acceptors (Lipinski definition) is 5. The van der Waals surface area contributed by atoms with Gasteiger partial charge in [-0.25, -0.2) is 4.39 Å². The Hall–Kier alpha value is -2.93. The summed E-state index contributed by atoms with van der Waals surface area (Å²) in [6.07, 6.45) is 3.10. The van der Waals surface area contributed by atoms with Gasteiger partial charge in [0.25, 0.3) is 0 Å². The van der Waals surface area contributed by atoms with E-state index in [4.69, 9.17) is 4.37 Å². The number of thiophene rings is 2. The molecule has 0 aliphatic heterocycles. The quantitative estimate of drug-likeness (QED) is 0.182. The number of benzene rings is 3. The second-order valence-electron chi connectivity index (χ2n) is 11.1. The molecule has 6 aromatic rings. The average Bonchev–Trinajstić information content (AvgIpc) is 3.62. The molecule has 0 aliphatic rings. The Morgan fingerprint density at radius 1 is 0.692 bits per heavy atom. The van der Waals surface area contributed by atoms with Crippen LogP contribution in [0.4, 0.5) is 4.39 Å². The molecule has 0 amide bonds. The van der Waals surface area contributed by atoms with Crippen LogP contribution in [0.25, 0.3) is 53.1 Å². The standard InChI is InChI=1S/C33H31FN2S3/c1-19(2)5-6-21-7-12-25(28(34)16-21)22-8-10-23(11-9-22)26-13-14-27(33-32(26)35-39-36-33)29-18-31-30(38-29)17-24(37-31)15-20(3)4/h7-14,16-20H,5-6,15H2,1-4H3. The Labute approximate surface area is 241 Å². The van der Waals surface area contributed by atoms with Gasteiger partial charge in [-0.05, 0) is 66.0 Å². The summed E-state index contributed by atoms with van der Waals surface area (Å²) in [5.41, 5.74) is 7.69. The maximum atomic E-state index is 15.0. The van der Waals surface area contributed by atoms with Gasteiger partial charge in [0.2, 0.25) is 0 Å². The Balaban J connectivity index is 1.28. The molecule has 0 unspecified atom stereocenters. The number of fused-ring (bicyclic) bond motifs is 2. The zero-order chi connectivity index (χ0) is 27.1. The lowest BCUT2D eigenvalue weighted by Crippen LogP contribution is -1.94. The maximum Gasteiger partial charge on any atom is 0.131 e. The van der Waals surface area contributed by atoms with Gasteiger partial charge < -0.3 is 0 Å². The third-order valence-electron chi connectivity index (χ3n) is 7.10. The Kier molecular flexibility index (Phi) is 7.36. The molecule has 3 aromatic heterocycles. The van der Waals surface area contributed by atoms with Crippen LogP contribution >= 0.6 is 34.4 Å². The van der Waals surface area contributed by atoms with Crippen molar-refractivity contribution in [1.29, 1.82) is 0 Å². The van der Waals surface area contributed by atoms with E-state index in [0.717, 1.165) is 58.1 Å². The normalized spacial score (nSPS) is 12.0. The van der Waals surface area contributed by atoms with Crippen LogP contribution in [0, 0.1) is 17.7 Å². The molecule has 0 radical (unpaired) electrons. The lowest BCUT2D eigenvalue weighted by Gasteiger charge is -2.10. The fraction of sp³-hybridized carbons (Fsp3) is 0.273. The van der Waals surface area contributed by atoms with E-state index in [1.54, 1.807) is 6.07 Å². The summed E-state index contributed by atoms with van der Waals surface area (Å²) in [7, 11) is 0. The number of nitrogens with zero attached hydrogens (tertiary/aromatic N) is 2. The molecular weight excluding hydrogens is 540 g/mol. The second-order valence-corrected chi connectivity index (χ2v) is 13.9. The predicted molar refractivity (Wildman–Crippen MR) is 169 cm³/mol. The molecule has 198 valence electrons. The van der Waals surface area contributed by atoms with Gasteiger partial charge >= 0.3 is 0 Å². The molecule has 0 atom stereocenters. The minimum Gasteiger partial charge on any atom is -0.206 e. The molecule has 39 heavy (non-hydrogen) atoms. The highest BCUT2D eigenvalue weighted by Crippen LogP contribution is 2.42. The van der Waals surface area contributed by atoms with Crippen molar-refractivity contribution in [2.24, 2.45) is 11.8 Å². The number of halogens is 1. The average molecular weight is 571 g/mol. The zero-order valence-electron chi connectivity index (χ0n) is 22.6. The van der Waals surface area contributed by atoms with Crippen LogP contribution in [0.15, 0.2) is 66.7 Å². The number of rotatable bonds is 8. The molecule has 0 bridgehead atoms. The van der Waals surface area contributed by atoms with Crippen molar-refractivity contribution in [3.8, 4) is 32.7 Å². The van der Waals surface area contributed by atoms with E-state index in [2.05, 4.69) is 74.5 Å². The van der Waals surface area contributed by atoms with Crippen molar-refractivity contribution in [3.05, 3.63) is 83.0 Å². The lowest BCUT2D eigenvalue weighted by molar-refractivity contribution is 0.582. The molecule has 0 spiro atoms. The van der Waals surface area contributed by atoms with Crippen molar-refractivity contribution < 1.29 is 4.39 Å². The van der Waals surface area contributed by atoms with E-state index in [0.29, 0.717) is 17.4 Å². The highest BCUT2D eigenvalue weighted by molar-refractivity contribution is 7.29. The molecular formula is C33H31FN2S3. The molecule has 3 aromatic carbocycles. The maximum absolute atomic E-state index is 15.0. The Morgan fingerprint density at radius 2 is 1.33 bits per heavy atom. The van der Waals surface area contributed by atoms with Gasteiger partial charge in [0, 0.05) is 35.8 Å². The fourth-order valence-corrected chi connectivity index (χ4v) is 8.29. The molecule has 0 aliphatic carbocycles. The molecule has 6 rings (SSSR count). The van der Waals surface area contributed by atoms with E-state index in [-0.39, 0.29) is 5.82 Å². The van der Waals surface area contributed by atoms with Crippen LogP contribution in [0.1, 0.15) is 44.6 Å². The third kappa shape index (κ3) is 5.43. The Bertz CT molecular complexity index is 1720. The first-order valence-corrected chi connectivity index (χ1v) is 15.9. The van der Waals surface area contributed by atoms with Gasteiger partial charge in [-0.3, -0.25) is 0 Å². The van der Waals surface area contributed by atoms with Crippen molar-refractivity contribution in [2.75, 3.05) is 0 Å². The van der Waals surface area contributed by atoms with Crippen LogP contribution in [0.2, 0.25) is 0 Å². The summed E-state index contributed by atoms with van der Waals surface area (Å²) in [4.78, 5) is 2.69. The molecule has 2 nitrogen and oxygen atoms in total. The smallest absolute Gasteiger partial charge is 0.131 e. The largest absolute Gasteiger partial charge is 0.206 e. The van der Waals surface area contributed by atoms with Crippen LogP contribution in [-0.2, 0) is 12.8 Å². The van der Waals surface area contributed by atoms with Gasteiger partial charge in [-0.1, -0.05) is 76.2 Å². The predicted octanol–water partition coefficient (Wildman–Crippen LogP) is 10.9. The van der Waals surface area contributed by atoms with Crippen molar-refractivity contribution in [2.45, 2.75) is 47.0 Å². The van der Waals surface area contributed by atoms with Crippen molar-refractivity contribution in [1.82, 2.24) is 8.75 Å². The lowest BCUT2D eigenvalue weighted by atomic mass is 9.96. The summed E-state index contributed by atoms with van der Waals surface area (Å²) in [6, 6.07) is 22.8. The Morgan fingerprint density at radius 3 is 2.00 bits per heavy atom. The monoisotopic (exact) mass is 570 g/mol. The van der Waals surface area contributed by atoms with E-state index >= 15 is 0 Å². The number of hydrogen-bond donors (Lipinski definition) is 0. The van der Waals surface area contributed by atoms with Gasteiger partial charge in [0.05, 0.1) is 11.7 Å². The van der Waals surface area contributed by atoms with Crippen molar-refractivity contribution in [3.63, 3.8) is 0 Å². The van der Waals surface area contributed by atoms with E-state index in [9.17, 15) is 4.39 Å². The van der Waals surface area contributed by atoms with E-state index in [1.807, 2.05) is 40.9 Å². The topological polar surface area (TPSA) is 25.8 Å². The fourth-order valence-electron chi connectivity index (χ4n) is 5.05. The van der Waals surface area contributed by atoms with Crippen LogP contribution in [0.5, 0.6) is 0 Å². The van der Waals surface area contributed by atoms with Gasteiger partial charge in [-0.2, -0.15) is 8.75 Å². The van der Waals surface area contributed by atoms with E-state index < -0.39 is 0 Å². The summed E-state index contributed by atoms with van der Waals surface area (Å²) in [5, 5.41) is 0. The number of aryl methyl sites for hydroxylation is 1. The second kappa shape index (κ2) is 10.9. The SMILES string of the molecule is CC(C)CCc1ccc(-c2ccc(-c3ccc(-c4cc5sc(CC(C)C)cc5s4)c4nsnc34)cc2)c(F)c1. The van der Waals surface area contributed by atoms with Gasteiger partial charge in [0.1, 0.15) is 16.9 Å². The minimum atomic E-state index is -0.161. The molecule has 0 fully saturated rings. The van der Waals surface area contributed by atoms with Crippen LogP contribution < -0.4 is 0 Å². The summed E-state index contributed by atoms with van der Waals surface area (Å²) in [5.74, 6) is 1.11. The minimum absolute atomic E-state index is 0.161. The van der Waals surface area contributed by atoms with Crippen molar-refractivity contribution >= 4 is 54.8 Å². The molecule has 0 saturated heterocycles. The summed E-state index contributed by atoms with van der Waals surface area (Å²) < 4.78 is 27.0. The first-order valence-electron chi connectivity index (χ1n) is 13.5. The molecule has 0 saturated carbocycles. The highest BCUT2D eigenvalue weighted by atomic mass is 32.1. The third-order valence-corrected chi connectivity index (χ3v) is 9.98. The molecule has 6 heteroatoms. The number of aromatic nitrogens is 2. The summed E-state index contributed by atoms with van der Waals surface area (Å²) >= 11 is 4.99. The van der Waals surface area contributed by atoms with E-state index in [1.165, 1.54) is 30.9 Å². The zero-order valence-corrected chi connectivity index (χ0v) is 25.1. The van der Waals surface area contributed by atoms with Crippen LogP contribution in [-0.4, -0.2) is 8.75 Å².